The Morgan fingerprint density at radius 2 is 2.00 bits per heavy atom. The molecule has 0 aliphatic heterocycles. The second-order valence-electron chi connectivity index (χ2n) is 1.80. The summed E-state index contributed by atoms with van der Waals surface area (Å²) >= 11 is -2.47. The molecule has 0 spiro atoms. The van der Waals surface area contributed by atoms with Gasteiger partial charge in [-0.3, -0.25) is 0 Å². The van der Waals surface area contributed by atoms with Gasteiger partial charge in [0, 0.05) is 0 Å². The Kier molecular flexibility index (Phi) is 2.31. The van der Waals surface area contributed by atoms with E-state index in [2.05, 4.69) is 0 Å². The maximum atomic E-state index is 12.5. The fourth-order valence-corrected chi connectivity index (χ4v) is 1.06. The fourth-order valence-electron chi connectivity index (χ4n) is 0.619. The van der Waals surface area contributed by atoms with Crippen molar-refractivity contribution in [3.05, 3.63) is 29.8 Å². The van der Waals surface area contributed by atoms with Crippen molar-refractivity contribution in [3.8, 4) is 0 Å². The standard InChI is InChI=1S/C6H4F2O2S/c7-4-2-1-3-5(6(4)8)11(9)10/h1-3H,(H,9,10). The summed E-state index contributed by atoms with van der Waals surface area (Å²) in [5, 5.41) is 0. The van der Waals surface area contributed by atoms with E-state index in [9.17, 15) is 13.0 Å². The molecule has 60 valence electrons. The van der Waals surface area contributed by atoms with E-state index >= 15 is 0 Å². The molecule has 0 bridgehead atoms. The van der Waals surface area contributed by atoms with Crippen molar-refractivity contribution in [3.63, 3.8) is 0 Å². The van der Waals surface area contributed by atoms with Gasteiger partial charge in [0.05, 0.1) is 0 Å². The van der Waals surface area contributed by atoms with Gasteiger partial charge in [0.25, 0.3) is 0 Å². The van der Waals surface area contributed by atoms with Crippen LogP contribution in [0.2, 0.25) is 0 Å². The molecule has 5 heteroatoms. The highest BCUT2D eigenvalue weighted by molar-refractivity contribution is 7.79. The van der Waals surface area contributed by atoms with E-state index in [0.29, 0.717) is 0 Å². The topological polar surface area (TPSA) is 37.3 Å². The van der Waals surface area contributed by atoms with Gasteiger partial charge in [-0.1, -0.05) is 6.07 Å². The molecule has 2 nitrogen and oxygen atoms in total. The summed E-state index contributed by atoms with van der Waals surface area (Å²) in [4.78, 5) is -0.537. The quantitative estimate of drug-likeness (QED) is 0.662. The molecular formula is C6H4F2O2S. The molecule has 0 amide bonds. The minimum Gasteiger partial charge on any atom is -0.302 e. The van der Waals surface area contributed by atoms with Gasteiger partial charge in [-0.15, -0.1) is 0 Å². The van der Waals surface area contributed by atoms with Crippen molar-refractivity contribution in [2.24, 2.45) is 0 Å². The van der Waals surface area contributed by atoms with Crippen LogP contribution in [-0.2, 0) is 11.1 Å². The lowest BCUT2D eigenvalue weighted by atomic mass is 10.3. The molecule has 0 aromatic heterocycles. The molecule has 0 heterocycles. The highest BCUT2D eigenvalue weighted by Crippen LogP contribution is 2.13. The predicted octanol–water partition coefficient (Wildman–Crippen LogP) is 1.55. The molecule has 0 radical (unpaired) electrons. The van der Waals surface area contributed by atoms with E-state index in [0.717, 1.165) is 12.1 Å². The summed E-state index contributed by atoms with van der Waals surface area (Å²) < 4.78 is 43.5. The summed E-state index contributed by atoms with van der Waals surface area (Å²) in [5.74, 6) is -2.39. The smallest absolute Gasteiger partial charge is 0.189 e. The van der Waals surface area contributed by atoms with Crippen LogP contribution < -0.4 is 0 Å². The van der Waals surface area contributed by atoms with Crippen molar-refractivity contribution in [2.45, 2.75) is 4.90 Å². The zero-order valence-corrected chi connectivity index (χ0v) is 6.07. The molecule has 1 rings (SSSR count). The van der Waals surface area contributed by atoms with Gasteiger partial charge in [0.1, 0.15) is 4.90 Å². The summed E-state index contributed by atoms with van der Waals surface area (Å²) in [5.41, 5.74) is 0. The highest BCUT2D eigenvalue weighted by Gasteiger charge is 2.10. The third kappa shape index (κ3) is 1.61. The van der Waals surface area contributed by atoms with Crippen LogP contribution in [0.15, 0.2) is 23.1 Å². The predicted molar refractivity (Wildman–Crippen MR) is 35.4 cm³/mol. The van der Waals surface area contributed by atoms with Gasteiger partial charge in [-0.25, -0.2) is 13.0 Å². The lowest BCUT2D eigenvalue weighted by molar-refractivity contribution is 0.481. The number of hydrogen-bond donors (Lipinski definition) is 1. The molecular weight excluding hydrogens is 174 g/mol. The molecule has 1 unspecified atom stereocenters. The Balaban J connectivity index is 3.27. The Labute approximate surface area is 64.1 Å². The van der Waals surface area contributed by atoms with E-state index < -0.39 is 27.6 Å². The first-order valence-electron chi connectivity index (χ1n) is 2.68. The second-order valence-corrected chi connectivity index (χ2v) is 2.74. The fraction of sp³-hybridized carbons (Fsp3) is 0. The minimum atomic E-state index is -2.47. The molecule has 0 fully saturated rings. The van der Waals surface area contributed by atoms with Crippen molar-refractivity contribution < 1.29 is 17.5 Å². The average Bonchev–Trinajstić information content (AvgIpc) is 1.94. The van der Waals surface area contributed by atoms with Gasteiger partial charge in [-0.05, 0) is 12.1 Å². The molecule has 11 heavy (non-hydrogen) atoms. The van der Waals surface area contributed by atoms with E-state index in [1.807, 2.05) is 0 Å². The van der Waals surface area contributed by atoms with Crippen LogP contribution in [0.4, 0.5) is 8.78 Å². The van der Waals surface area contributed by atoms with Crippen LogP contribution in [0.5, 0.6) is 0 Å². The third-order valence-electron chi connectivity index (χ3n) is 1.10. The summed E-state index contributed by atoms with van der Waals surface area (Å²) in [6, 6.07) is 3.10. The maximum absolute atomic E-state index is 12.5. The Morgan fingerprint density at radius 1 is 1.36 bits per heavy atom. The Morgan fingerprint density at radius 3 is 2.45 bits per heavy atom. The van der Waals surface area contributed by atoms with Gasteiger partial charge < -0.3 is 4.55 Å². The normalized spacial score (nSPS) is 13.0. The van der Waals surface area contributed by atoms with Gasteiger partial charge in [-0.2, -0.15) is 0 Å². The summed E-state index contributed by atoms with van der Waals surface area (Å²) in [6.07, 6.45) is 0. The summed E-state index contributed by atoms with van der Waals surface area (Å²) in [6.45, 7) is 0. The van der Waals surface area contributed by atoms with Crippen molar-refractivity contribution in [1.29, 1.82) is 0 Å². The van der Waals surface area contributed by atoms with Gasteiger partial charge >= 0.3 is 0 Å². The first-order chi connectivity index (χ1) is 5.13. The average molecular weight is 178 g/mol. The van der Waals surface area contributed by atoms with Crippen molar-refractivity contribution in [1.82, 2.24) is 0 Å². The molecule has 0 saturated heterocycles. The van der Waals surface area contributed by atoms with Crippen molar-refractivity contribution >= 4 is 11.1 Å². The Bertz CT molecular complexity index is 301. The van der Waals surface area contributed by atoms with Gasteiger partial charge in [0.2, 0.25) is 0 Å². The molecule has 1 N–H and O–H groups in total. The van der Waals surface area contributed by atoms with Crippen LogP contribution in [0.25, 0.3) is 0 Å². The largest absolute Gasteiger partial charge is 0.302 e. The summed E-state index contributed by atoms with van der Waals surface area (Å²) in [7, 11) is 0. The minimum absolute atomic E-state index is 0.537. The van der Waals surface area contributed by atoms with E-state index in [1.54, 1.807) is 0 Å². The first-order valence-corrected chi connectivity index (χ1v) is 3.78. The molecule has 1 aromatic rings. The zero-order chi connectivity index (χ0) is 8.43. The number of halogens is 2. The molecule has 1 atom stereocenters. The van der Waals surface area contributed by atoms with Crippen LogP contribution in [0.3, 0.4) is 0 Å². The molecule has 0 aliphatic rings. The molecule has 0 aliphatic carbocycles. The lowest BCUT2D eigenvalue weighted by Crippen LogP contribution is -1.95. The maximum Gasteiger partial charge on any atom is 0.189 e. The van der Waals surface area contributed by atoms with Crippen LogP contribution in [-0.4, -0.2) is 8.76 Å². The first kappa shape index (κ1) is 8.29. The van der Waals surface area contributed by atoms with Crippen LogP contribution in [0, 0.1) is 11.6 Å². The monoisotopic (exact) mass is 178 g/mol. The van der Waals surface area contributed by atoms with Gasteiger partial charge in [0.15, 0.2) is 22.7 Å². The van der Waals surface area contributed by atoms with E-state index in [-0.39, 0.29) is 0 Å². The van der Waals surface area contributed by atoms with E-state index in [1.165, 1.54) is 6.07 Å². The van der Waals surface area contributed by atoms with Crippen molar-refractivity contribution in [2.75, 3.05) is 0 Å². The molecule has 0 saturated carbocycles. The van der Waals surface area contributed by atoms with Crippen LogP contribution in [0.1, 0.15) is 0 Å². The Hall–Kier alpha value is -0.810. The van der Waals surface area contributed by atoms with Crippen LogP contribution >= 0.6 is 0 Å². The SMILES string of the molecule is O=S(O)c1cccc(F)c1F. The second kappa shape index (κ2) is 3.06. The number of benzene rings is 1. The van der Waals surface area contributed by atoms with E-state index in [4.69, 9.17) is 4.55 Å². The third-order valence-corrected chi connectivity index (χ3v) is 1.80. The number of hydrogen-bond acceptors (Lipinski definition) is 1. The zero-order valence-electron chi connectivity index (χ0n) is 5.25. The lowest BCUT2D eigenvalue weighted by Gasteiger charge is -1.96. The highest BCUT2D eigenvalue weighted by atomic mass is 32.2. The molecule has 1 aromatic carbocycles. The number of rotatable bonds is 1.